The number of hydrogen-bond donors (Lipinski definition) is 0. The van der Waals surface area contributed by atoms with Crippen molar-refractivity contribution in [2.24, 2.45) is 5.92 Å². The van der Waals surface area contributed by atoms with Crippen LogP contribution >= 0.6 is 0 Å². The molecule has 7 nitrogen and oxygen atoms in total. The van der Waals surface area contributed by atoms with E-state index in [0.717, 1.165) is 24.4 Å². The SMILES string of the molecule is Cc1cc(C(=O)COC(=O)c2ccc(-n3cccn3)nc2)c(C)n1CCC(C)C. The van der Waals surface area contributed by atoms with E-state index in [1.165, 1.54) is 6.20 Å². The summed E-state index contributed by atoms with van der Waals surface area (Å²) in [4.78, 5) is 29.1. The predicted octanol–water partition coefficient (Wildman–Crippen LogP) is 3.77. The summed E-state index contributed by atoms with van der Waals surface area (Å²) in [6, 6.07) is 6.93. The van der Waals surface area contributed by atoms with Crippen LogP contribution in [0.1, 0.15) is 52.4 Å². The molecule has 7 heteroatoms. The van der Waals surface area contributed by atoms with Gasteiger partial charge in [-0.3, -0.25) is 4.79 Å². The molecule has 0 aliphatic rings. The Kier molecular flexibility index (Phi) is 6.26. The number of pyridine rings is 1. The molecule has 3 aromatic heterocycles. The van der Waals surface area contributed by atoms with Crippen LogP contribution in [0, 0.1) is 19.8 Å². The average Bonchev–Trinajstić information content (AvgIpc) is 3.33. The van der Waals surface area contributed by atoms with Crippen molar-refractivity contribution in [3.63, 3.8) is 0 Å². The van der Waals surface area contributed by atoms with Gasteiger partial charge in [0, 0.05) is 42.1 Å². The fraction of sp³-hybridized carbons (Fsp3) is 0.364. The number of nitrogens with zero attached hydrogens (tertiary/aromatic N) is 4. The number of Topliss-reactive ketones (excluding diaryl/α,β-unsaturated/α-hetero) is 1. The summed E-state index contributed by atoms with van der Waals surface area (Å²) in [5, 5.41) is 4.09. The van der Waals surface area contributed by atoms with E-state index in [1.807, 2.05) is 19.9 Å². The molecule has 0 radical (unpaired) electrons. The van der Waals surface area contributed by atoms with Crippen LogP contribution in [0.2, 0.25) is 0 Å². The van der Waals surface area contributed by atoms with Crippen molar-refractivity contribution in [3.05, 3.63) is 65.4 Å². The molecule has 0 bridgehead atoms. The van der Waals surface area contributed by atoms with Gasteiger partial charge in [-0.1, -0.05) is 13.8 Å². The zero-order chi connectivity index (χ0) is 21.0. The highest BCUT2D eigenvalue weighted by atomic mass is 16.5. The van der Waals surface area contributed by atoms with Crippen LogP contribution in [0.25, 0.3) is 5.82 Å². The molecule has 0 fully saturated rings. The fourth-order valence-electron chi connectivity index (χ4n) is 3.15. The van der Waals surface area contributed by atoms with E-state index < -0.39 is 5.97 Å². The Hall–Kier alpha value is -3.22. The first kappa shape index (κ1) is 20.5. The summed E-state index contributed by atoms with van der Waals surface area (Å²) in [5.41, 5.74) is 2.84. The fourth-order valence-corrected chi connectivity index (χ4v) is 3.15. The molecule has 3 rings (SSSR count). The number of carbonyl (C=O) groups excluding carboxylic acids is 2. The zero-order valence-electron chi connectivity index (χ0n) is 17.3. The highest BCUT2D eigenvalue weighted by molar-refractivity contribution is 6.00. The van der Waals surface area contributed by atoms with E-state index in [4.69, 9.17) is 4.74 Å². The van der Waals surface area contributed by atoms with E-state index >= 15 is 0 Å². The Labute approximate surface area is 170 Å². The first-order chi connectivity index (χ1) is 13.9. The molecule has 3 heterocycles. The molecule has 0 N–H and O–H groups in total. The molecule has 0 saturated heterocycles. The van der Waals surface area contributed by atoms with Crippen molar-refractivity contribution < 1.29 is 14.3 Å². The summed E-state index contributed by atoms with van der Waals surface area (Å²) in [6.45, 7) is 8.85. The molecule has 0 aliphatic heterocycles. The van der Waals surface area contributed by atoms with Crippen LogP contribution in [0.4, 0.5) is 0 Å². The number of esters is 1. The quantitative estimate of drug-likeness (QED) is 0.429. The topological polar surface area (TPSA) is 79.0 Å². The summed E-state index contributed by atoms with van der Waals surface area (Å²) in [7, 11) is 0. The molecule has 0 saturated carbocycles. The van der Waals surface area contributed by atoms with Gasteiger partial charge in [0.2, 0.25) is 5.78 Å². The van der Waals surface area contributed by atoms with E-state index in [2.05, 4.69) is 28.5 Å². The largest absolute Gasteiger partial charge is 0.454 e. The van der Waals surface area contributed by atoms with Gasteiger partial charge in [-0.2, -0.15) is 5.10 Å². The van der Waals surface area contributed by atoms with E-state index in [0.29, 0.717) is 17.3 Å². The van der Waals surface area contributed by atoms with Crippen molar-refractivity contribution >= 4 is 11.8 Å². The van der Waals surface area contributed by atoms with Crippen LogP contribution in [0.15, 0.2) is 42.9 Å². The second kappa shape index (κ2) is 8.86. The van der Waals surface area contributed by atoms with Gasteiger partial charge >= 0.3 is 5.97 Å². The van der Waals surface area contributed by atoms with Gasteiger partial charge in [-0.05, 0) is 50.5 Å². The maximum absolute atomic E-state index is 12.6. The van der Waals surface area contributed by atoms with Gasteiger partial charge in [-0.15, -0.1) is 0 Å². The smallest absolute Gasteiger partial charge is 0.340 e. The Balaban J connectivity index is 1.61. The third kappa shape index (κ3) is 4.80. The highest BCUT2D eigenvalue weighted by Crippen LogP contribution is 2.18. The normalized spacial score (nSPS) is 11.1. The lowest BCUT2D eigenvalue weighted by molar-refractivity contribution is 0.0474. The van der Waals surface area contributed by atoms with E-state index in [1.54, 1.807) is 35.3 Å². The van der Waals surface area contributed by atoms with Crippen LogP contribution in [-0.4, -0.2) is 37.7 Å². The molecular formula is C22H26N4O3. The van der Waals surface area contributed by atoms with E-state index in [-0.39, 0.29) is 18.0 Å². The summed E-state index contributed by atoms with van der Waals surface area (Å²) in [6.07, 6.45) is 5.87. The molecule has 0 atom stereocenters. The van der Waals surface area contributed by atoms with Gasteiger partial charge in [-0.25, -0.2) is 14.5 Å². The highest BCUT2D eigenvalue weighted by Gasteiger charge is 2.18. The van der Waals surface area contributed by atoms with Gasteiger partial charge in [0.25, 0.3) is 0 Å². The average molecular weight is 394 g/mol. The monoisotopic (exact) mass is 394 g/mol. The lowest BCUT2D eigenvalue weighted by atomic mass is 10.1. The molecule has 0 amide bonds. The molecule has 0 unspecified atom stereocenters. The van der Waals surface area contributed by atoms with Crippen molar-refractivity contribution in [2.45, 2.75) is 40.7 Å². The Morgan fingerprint density at radius 3 is 2.62 bits per heavy atom. The number of aromatic nitrogens is 4. The first-order valence-electron chi connectivity index (χ1n) is 9.70. The Bertz CT molecular complexity index is 986. The minimum absolute atomic E-state index is 0.205. The number of ether oxygens (including phenoxy) is 1. The second-order valence-corrected chi connectivity index (χ2v) is 7.47. The molecule has 0 spiro atoms. The van der Waals surface area contributed by atoms with Crippen LogP contribution in [0.3, 0.4) is 0 Å². The third-order valence-electron chi connectivity index (χ3n) is 4.86. The molecule has 0 aromatic carbocycles. The number of aryl methyl sites for hydroxylation is 1. The molecule has 152 valence electrons. The first-order valence-corrected chi connectivity index (χ1v) is 9.70. The Morgan fingerprint density at radius 2 is 2.00 bits per heavy atom. The molecule has 3 aromatic rings. The van der Waals surface area contributed by atoms with Crippen LogP contribution < -0.4 is 0 Å². The van der Waals surface area contributed by atoms with Crippen molar-refractivity contribution in [1.82, 2.24) is 19.3 Å². The number of rotatable bonds is 8. The maximum Gasteiger partial charge on any atom is 0.340 e. The minimum atomic E-state index is -0.577. The summed E-state index contributed by atoms with van der Waals surface area (Å²) in [5.74, 6) is 0.399. The number of ketones is 1. The van der Waals surface area contributed by atoms with Crippen LogP contribution in [0.5, 0.6) is 0 Å². The van der Waals surface area contributed by atoms with Crippen LogP contribution in [-0.2, 0) is 11.3 Å². The van der Waals surface area contributed by atoms with Gasteiger partial charge < -0.3 is 9.30 Å². The van der Waals surface area contributed by atoms with Gasteiger partial charge in [0.15, 0.2) is 12.4 Å². The van der Waals surface area contributed by atoms with Gasteiger partial charge in [0.1, 0.15) is 0 Å². The predicted molar refractivity (Wildman–Crippen MR) is 109 cm³/mol. The number of carbonyl (C=O) groups is 2. The lowest BCUT2D eigenvalue weighted by Gasteiger charge is -2.11. The number of hydrogen-bond acceptors (Lipinski definition) is 5. The molecular weight excluding hydrogens is 368 g/mol. The van der Waals surface area contributed by atoms with Crippen molar-refractivity contribution in [3.8, 4) is 5.82 Å². The van der Waals surface area contributed by atoms with E-state index in [9.17, 15) is 9.59 Å². The summed E-state index contributed by atoms with van der Waals surface area (Å²) >= 11 is 0. The Morgan fingerprint density at radius 1 is 1.21 bits per heavy atom. The van der Waals surface area contributed by atoms with Crippen molar-refractivity contribution in [2.75, 3.05) is 6.61 Å². The minimum Gasteiger partial charge on any atom is -0.454 e. The molecule has 29 heavy (non-hydrogen) atoms. The third-order valence-corrected chi connectivity index (χ3v) is 4.86. The standard InChI is InChI=1S/C22H26N4O3/c1-15(2)8-11-25-16(3)12-19(17(25)4)20(27)14-29-22(28)18-6-7-21(23-13-18)26-10-5-9-24-26/h5-7,9-10,12-13,15H,8,11,14H2,1-4H3. The maximum atomic E-state index is 12.6. The molecule has 0 aliphatic carbocycles. The second-order valence-electron chi connectivity index (χ2n) is 7.47. The lowest BCUT2D eigenvalue weighted by Crippen LogP contribution is -2.15. The van der Waals surface area contributed by atoms with Gasteiger partial charge in [0.05, 0.1) is 5.56 Å². The van der Waals surface area contributed by atoms with Crippen molar-refractivity contribution in [1.29, 1.82) is 0 Å². The summed E-state index contributed by atoms with van der Waals surface area (Å²) < 4.78 is 8.95. The zero-order valence-corrected chi connectivity index (χ0v) is 17.3.